The molecule has 5 nitrogen and oxygen atoms in total. The number of hydrogen-bond donors (Lipinski definition) is 1. The molecule has 0 atom stereocenters. The number of carboxylic acid groups (broad SMARTS) is 1. The Morgan fingerprint density at radius 1 is 1.35 bits per heavy atom. The highest BCUT2D eigenvalue weighted by Crippen LogP contribution is 2.06. The molecule has 0 saturated heterocycles. The number of amides is 1. The maximum absolute atomic E-state index is 11.8. The molecule has 102 valence electrons. The summed E-state index contributed by atoms with van der Waals surface area (Å²) in [5, 5.41) is 17.4. The van der Waals surface area contributed by atoms with Gasteiger partial charge in [0.05, 0.1) is 11.6 Å². The Bertz CT molecular complexity index is 568. The van der Waals surface area contributed by atoms with Crippen LogP contribution in [0.3, 0.4) is 0 Å². The van der Waals surface area contributed by atoms with Crippen LogP contribution in [0.5, 0.6) is 0 Å². The van der Waals surface area contributed by atoms with E-state index in [0.29, 0.717) is 5.56 Å². The Hall–Kier alpha value is -2.87. The second-order valence-corrected chi connectivity index (χ2v) is 3.97. The zero-order chi connectivity index (χ0) is 15.0. The second kappa shape index (κ2) is 7.54. The SMILES string of the molecule is C=CCN(CC(=O)O)C(=O)C=Cc1ccc(C#N)cc1. The Morgan fingerprint density at radius 2 is 2.00 bits per heavy atom. The lowest BCUT2D eigenvalue weighted by Crippen LogP contribution is -2.34. The minimum Gasteiger partial charge on any atom is -0.480 e. The van der Waals surface area contributed by atoms with Crippen molar-refractivity contribution in [3.05, 3.63) is 54.1 Å². The van der Waals surface area contributed by atoms with Crippen LogP contribution in [0.25, 0.3) is 6.08 Å². The molecule has 5 heteroatoms. The number of nitrogens with zero attached hydrogens (tertiary/aromatic N) is 2. The third-order valence-electron chi connectivity index (χ3n) is 2.45. The highest BCUT2D eigenvalue weighted by molar-refractivity contribution is 5.93. The van der Waals surface area contributed by atoms with Crippen LogP contribution in [-0.4, -0.2) is 35.0 Å². The fourth-order valence-corrected chi connectivity index (χ4v) is 1.49. The van der Waals surface area contributed by atoms with Crippen LogP contribution in [0.2, 0.25) is 0 Å². The second-order valence-electron chi connectivity index (χ2n) is 3.97. The number of benzene rings is 1. The van der Waals surface area contributed by atoms with E-state index in [1.54, 1.807) is 30.3 Å². The zero-order valence-electron chi connectivity index (χ0n) is 10.8. The van der Waals surface area contributed by atoms with Crippen LogP contribution in [0.15, 0.2) is 43.0 Å². The molecule has 0 unspecified atom stereocenters. The molecule has 1 aromatic rings. The van der Waals surface area contributed by atoms with Gasteiger partial charge in [-0.2, -0.15) is 5.26 Å². The topological polar surface area (TPSA) is 81.4 Å². The first kappa shape index (κ1) is 15.2. The van der Waals surface area contributed by atoms with Crippen molar-refractivity contribution >= 4 is 18.0 Å². The van der Waals surface area contributed by atoms with Gasteiger partial charge in [-0.3, -0.25) is 9.59 Å². The number of carboxylic acids is 1. The summed E-state index contributed by atoms with van der Waals surface area (Å²) in [7, 11) is 0. The van der Waals surface area contributed by atoms with Crippen molar-refractivity contribution in [2.24, 2.45) is 0 Å². The summed E-state index contributed by atoms with van der Waals surface area (Å²) in [5.74, 6) is -1.48. The molecule has 0 aliphatic carbocycles. The van der Waals surface area contributed by atoms with E-state index in [4.69, 9.17) is 10.4 Å². The third-order valence-corrected chi connectivity index (χ3v) is 2.45. The minimum atomic E-state index is -1.08. The minimum absolute atomic E-state index is 0.169. The van der Waals surface area contributed by atoms with Crippen molar-refractivity contribution in [3.63, 3.8) is 0 Å². The lowest BCUT2D eigenvalue weighted by Gasteiger charge is -2.16. The molecular formula is C15H14N2O3. The Kier molecular flexibility index (Phi) is 5.73. The first-order valence-corrected chi connectivity index (χ1v) is 5.86. The van der Waals surface area contributed by atoms with Gasteiger partial charge in [0.1, 0.15) is 6.54 Å². The van der Waals surface area contributed by atoms with Crippen molar-refractivity contribution in [1.29, 1.82) is 5.26 Å². The predicted molar refractivity (Wildman–Crippen MR) is 74.6 cm³/mol. The van der Waals surface area contributed by atoms with Gasteiger partial charge >= 0.3 is 5.97 Å². The summed E-state index contributed by atoms with van der Waals surface area (Å²) in [6, 6.07) is 8.69. The normalized spacial score (nSPS) is 9.95. The molecule has 1 aromatic carbocycles. The molecule has 1 amide bonds. The number of hydrogen-bond acceptors (Lipinski definition) is 3. The molecule has 1 rings (SSSR count). The summed E-state index contributed by atoms with van der Waals surface area (Å²) in [4.78, 5) is 23.7. The largest absolute Gasteiger partial charge is 0.480 e. The van der Waals surface area contributed by atoms with Gasteiger partial charge < -0.3 is 10.0 Å². The summed E-state index contributed by atoms with van der Waals surface area (Å²) in [6.07, 6.45) is 4.34. The number of rotatable bonds is 6. The predicted octanol–water partition coefficient (Wildman–Crippen LogP) is 1.67. The van der Waals surface area contributed by atoms with E-state index in [9.17, 15) is 9.59 Å². The quantitative estimate of drug-likeness (QED) is 0.629. The van der Waals surface area contributed by atoms with Crippen molar-refractivity contribution in [2.45, 2.75) is 0 Å². The molecule has 0 aliphatic rings. The Labute approximate surface area is 117 Å². The van der Waals surface area contributed by atoms with Crippen LogP contribution in [0, 0.1) is 11.3 Å². The van der Waals surface area contributed by atoms with Gasteiger partial charge in [-0.05, 0) is 23.8 Å². The maximum atomic E-state index is 11.8. The summed E-state index contributed by atoms with van der Waals surface area (Å²) < 4.78 is 0. The molecule has 0 aliphatic heterocycles. The number of carbonyl (C=O) groups is 2. The number of carbonyl (C=O) groups excluding carboxylic acids is 1. The standard InChI is InChI=1S/C15H14N2O3/c1-2-9-17(11-15(19)20)14(18)8-7-12-3-5-13(10-16)6-4-12/h2-8H,1,9,11H2,(H,19,20). The van der Waals surface area contributed by atoms with E-state index in [2.05, 4.69) is 6.58 Å². The molecule has 0 fully saturated rings. The van der Waals surface area contributed by atoms with Gasteiger partial charge in [-0.15, -0.1) is 6.58 Å². The molecule has 1 N–H and O–H groups in total. The molecular weight excluding hydrogens is 256 g/mol. The van der Waals surface area contributed by atoms with Crippen LogP contribution in [0.1, 0.15) is 11.1 Å². The summed E-state index contributed by atoms with van der Waals surface area (Å²) in [5.41, 5.74) is 1.29. The molecule has 0 radical (unpaired) electrons. The van der Waals surface area contributed by atoms with Crippen molar-refractivity contribution < 1.29 is 14.7 Å². The molecule has 0 heterocycles. The van der Waals surface area contributed by atoms with E-state index in [-0.39, 0.29) is 13.1 Å². The highest BCUT2D eigenvalue weighted by atomic mass is 16.4. The lowest BCUT2D eigenvalue weighted by atomic mass is 10.1. The van der Waals surface area contributed by atoms with E-state index in [1.807, 2.05) is 6.07 Å². The van der Waals surface area contributed by atoms with Gasteiger partial charge in [-0.1, -0.05) is 18.2 Å². The van der Waals surface area contributed by atoms with E-state index < -0.39 is 11.9 Å². The van der Waals surface area contributed by atoms with Gasteiger partial charge in [0.15, 0.2) is 0 Å². The van der Waals surface area contributed by atoms with Crippen LogP contribution in [-0.2, 0) is 9.59 Å². The Morgan fingerprint density at radius 3 is 2.50 bits per heavy atom. The fraction of sp³-hybridized carbons (Fsp3) is 0.133. The number of aliphatic carboxylic acids is 1. The monoisotopic (exact) mass is 270 g/mol. The molecule has 0 bridgehead atoms. The fourth-order valence-electron chi connectivity index (χ4n) is 1.49. The highest BCUT2D eigenvalue weighted by Gasteiger charge is 2.12. The van der Waals surface area contributed by atoms with Crippen molar-refractivity contribution in [3.8, 4) is 6.07 Å². The molecule has 20 heavy (non-hydrogen) atoms. The summed E-state index contributed by atoms with van der Waals surface area (Å²) >= 11 is 0. The zero-order valence-corrected chi connectivity index (χ0v) is 10.8. The average Bonchev–Trinajstić information content (AvgIpc) is 2.44. The van der Waals surface area contributed by atoms with E-state index in [0.717, 1.165) is 10.5 Å². The first-order chi connectivity index (χ1) is 9.56. The third kappa shape index (κ3) is 4.78. The summed E-state index contributed by atoms with van der Waals surface area (Å²) in [6.45, 7) is 3.28. The van der Waals surface area contributed by atoms with Crippen LogP contribution >= 0.6 is 0 Å². The van der Waals surface area contributed by atoms with E-state index in [1.165, 1.54) is 12.2 Å². The first-order valence-electron chi connectivity index (χ1n) is 5.86. The lowest BCUT2D eigenvalue weighted by molar-refractivity contribution is -0.142. The maximum Gasteiger partial charge on any atom is 0.323 e. The van der Waals surface area contributed by atoms with E-state index >= 15 is 0 Å². The number of nitriles is 1. The van der Waals surface area contributed by atoms with Crippen LogP contribution < -0.4 is 0 Å². The molecule has 0 aromatic heterocycles. The average molecular weight is 270 g/mol. The van der Waals surface area contributed by atoms with Gasteiger partial charge in [-0.25, -0.2) is 0 Å². The smallest absolute Gasteiger partial charge is 0.323 e. The Balaban J connectivity index is 2.75. The van der Waals surface area contributed by atoms with Gasteiger partial charge in [0, 0.05) is 12.6 Å². The van der Waals surface area contributed by atoms with Crippen LogP contribution in [0.4, 0.5) is 0 Å². The van der Waals surface area contributed by atoms with Crippen molar-refractivity contribution in [1.82, 2.24) is 4.90 Å². The molecule has 0 spiro atoms. The van der Waals surface area contributed by atoms with Gasteiger partial charge in [0.2, 0.25) is 5.91 Å². The van der Waals surface area contributed by atoms with Gasteiger partial charge in [0.25, 0.3) is 0 Å². The van der Waals surface area contributed by atoms with Crippen molar-refractivity contribution in [2.75, 3.05) is 13.1 Å². The molecule has 0 saturated carbocycles.